The number of thiazole rings is 1. The molecule has 0 fully saturated rings. The minimum Gasteiger partial charge on any atom is -0.360 e. The van der Waals surface area contributed by atoms with Gasteiger partial charge < -0.3 is 10.1 Å². The molecule has 1 aromatic heterocycles. The molecule has 0 saturated heterocycles. The van der Waals surface area contributed by atoms with E-state index in [1.807, 2.05) is 0 Å². The zero-order chi connectivity index (χ0) is 21.6. The molecule has 0 aromatic carbocycles. The van der Waals surface area contributed by atoms with Gasteiger partial charge in [0, 0.05) is 49.7 Å². The molecular weight excluding hydrogens is 390 g/mol. The summed E-state index contributed by atoms with van der Waals surface area (Å²) in [5.41, 5.74) is 5.85. The van der Waals surface area contributed by atoms with Gasteiger partial charge in [-0.25, -0.2) is 4.98 Å². The van der Waals surface area contributed by atoms with E-state index in [1.54, 1.807) is 23.6 Å². The summed E-state index contributed by atoms with van der Waals surface area (Å²) < 4.78 is 5.18. The van der Waals surface area contributed by atoms with Gasteiger partial charge in [-0.15, -0.1) is 11.3 Å². The van der Waals surface area contributed by atoms with Crippen LogP contribution in [0, 0.1) is 0 Å². The fourth-order valence-electron chi connectivity index (χ4n) is 3.06. The Kier molecular flexibility index (Phi) is 8.09. The summed E-state index contributed by atoms with van der Waals surface area (Å²) in [6.45, 7) is 9.84. The molecule has 0 bridgehead atoms. The Morgan fingerprint density at radius 2 is 2.00 bits per heavy atom. The third-order valence-electron chi connectivity index (χ3n) is 4.77. The summed E-state index contributed by atoms with van der Waals surface area (Å²) in [6.07, 6.45) is 5.40. The molecule has 0 aliphatic heterocycles. The number of ether oxygens (including phenoxy) is 1. The van der Waals surface area contributed by atoms with Crippen molar-refractivity contribution in [3.63, 3.8) is 0 Å². The van der Waals surface area contributed by atoms with E-state index in [1.165, 1.54) is 18.4 Å². The molecule has 0 radical (unpaired) electrons. The molecule has 1 aliphatic carbocycles. The van der Waals surface area contributed by atoms with E-state index in [4.69, 9.17) is 10.5 Å². The summed E-state index contributed by atoms with van der Waals surface area (Å²) in [7, 11) is 1.52. The van der Waals surface area contributed by atoms with E-state index in [2.05, 4.69) is 48.2 Å². The lowest BCUT2D eigenvalue weighted by molar-refractivity contribution is -0.112. The van der Waals surface area contributed by atoms with Crippen LogP contribution in [0.25, 0.3) is 0 Å². The number of amides is 2. The Morgan fingerprint density at radius 1 is 1.31 bits per heavy atom. The van der Waals surface area contributed by atoms with Gasteiger partial charge in [0.2, 0.25) is 0 Å². The third kappa shape index (κ3) is 6.46. The normalized spacial score (nSPS) is 19.0. The van der Waals surface area contributed by atoms with Crippen LogP contribution in [0.5, 0.6) is 0 Å². The van der Waals surface area contributed by atoms with Crippen molar-refractivity contribution in [2.45, 2.75) is 51.9 Å². The molecule has 1 aromatic rings. The average Bonchev–Trinajstić information content (AvgIpc) is 3.13. The molecular formula is C20H31N5O3S. The number of nitrogens with one attached hydrogen (secondary N) is 2. The fourth-order valence-corrected chi connectivity index (χ4v) is 3.75. The molecule has 1 atom stereocenters. The van der Waals surface area contributed by atoms with Crippen molar-refractivity contribution in [1.82, 2.24) is 15.2 Å². The lowest BCUT2D eigenvalue weighted by atomic mass is 10.00. The fraction of sp³-hybridized carbons (Fsp3) is 0.550. The minimum atomic E-state index is -0.878. The maximum atomic E-state index is 12.4. The van der Waals surface area contributed by atoms with E-state index in [9.17, 15) is 9.59 Å². The first-order chi connectivity index (χ1) is 13.6. The van der Waals surface area contributed by atoms with Crippen LogP contribution in [-0.4, -0.2) is 59.7 Å². The second-order valence-corrected chi connectivity index (χ2v) is 8.39. The highest BCUT2D eigenvalue weighted by molar-refractivity contribution is 7.14. The van der Waals surface area contributed by atoms with Gasteiger partial charge in [0.25, 0.3) is 11.8 Å². The number of methoxy groups -OCH3 is 1. The monoisotopic (exact) mass is 421 g/mol. The second kappa shape index (κ2) is 10.1. The maximum Gasteiger partial charge on any atom is 0.270 e. The lowest BCUT2D eigenvalue weighted by Gasteiger charge is -2.30. The Morgan fingerprint density at radius 3 is 2.55 bits per heavy atom. The Hall–Kier alpha value is -2.07. The molecule has 1 heterocycles. The lowest BCUT2D eigenvalue weighted by Crippen LogP contribution is -2.42. The number of hydrogen-bond donors (Lipinski definition) is 3. The number of anilines is 1. The van der Waals surface area contributed by atoms with E-state index in [-0.39, 0.29) is 11.8 Å². The molecule has 0 saturated carbocycles. The van der Waals surface area contributed by atoms with Gasteiger partial charge in [-0.3, -0.25) is 25.5 Å². The van der Waals surface area contributed by atoms with E-state index in [0.717, 1.165) is 6.54 Å². The van der Waals surface area contributed by atoms with Gasteiger partial charge in [0.05, 0.1) is 0 Å². The molecule has 1 unspecified atom stereocenters. The van der Waals surface area contributed by atoms with Crippen LogP contribution in [0.4, 0.5) is 5.13 Å². The molecule has 8 nitrogen and oxygen atoms in total. The van der Waals surface area contributed by atoms with Crippen molar-refractivity contribution in [3.8, 4) is 0 Å². The van der Waals surface area contributed by atoms with Gasteiger partial charge in [-0.2, -0.15) is 0 Å². The van der Waals surface area contributed by atoms with Crippen LogP contribution >= 0.6 is 11.3 Å². The van der Waals surface area contributed by atoms with Crippen molar-refractivity contribution in [3.05, 3.63) is 34.9 Å². The van der Waals surface area contributed by atoms with Gasteiger partial charge in [0.15, 0.2) is 5.13 Å². The summed E-state index contributed by atoms with van der Waals surface area (Å²) in [6, 6.07) is 0.814. The first kappa shape index (κ1) is 23.2. The first-order valence-electron chi connectivity index (χ1n) is 9.69. The van der Waals surface area contributed by atoms with Gasteiger partial charge >= 0.3 is 0 Å². The summed E-state index contributed by atoms with van der Waals surface area (Å²) in [5.74, 6) is -0.552. The van der Waals surface area contributed by atoms with Gasteiger partial charge in [-0.1, -0.05) is 6.08 Å². The number of nitrogens with zero attached hydrogens (tertiary/aromatic N) is 2. The highest BCUT2D eigenvalue weighted by Crippen LogP contribution is 2.21. The predicted octanol–water partition coefficient (Wildman–Crippen LogP) is 2.12. The van der Waals surface area contributed by atoms with E-state index in [0.29, 0.717) is 41.4 Å². The van der Waals surface area contributed by atoms with Crippen LogP contribution in [-0.2, 0) is 9.53 Å². The number of carbonyl (C=O) groups is 2. The standard InChI is InChI=1S/C20H31N5O3S/c1-13(2)25(14(3)4)11-10-22-18(27)16-12-29-19(23-16)24-17(26)15-6-8-20(21,28-5)9-7-15/h6-8,12-14H,9-11,21H2,1-5H3,(H,22,27)(H,23,24,26). The first-order valence-corrected chi connectivity index (χ1v) is 10.6. The average molecular weight is 422 g/mol. The summed E-state index contributed by atoms with van der Waals surface area (Å²) in [5, 5.41) is 7.61. The number of nitrogens with two attached hydrogens (primary N) is 1. The maximum absolute atomic E-state index is 12.4. The number of aromatic nitrogens is 1. The SMILES string of the molecule is COC1(N)C=CC(C(=O)Nc2nc(C(=O)NCCN(C(C)C)C(C)C)cs2)=CC1. The summed E-state index contributed by atoms with van der Waals surface area (Å²) >= 11 is 1.21. The Balaban J connectivity index is 1.86. The van der Waals surface area contributed by atoms with Crippen LogP contribution in [0.3, 0.4) is 0 Å². The quantitative estimate of drug-likeness (QED) is 0.527. The van der Waals surface area contributed by atoms with Crippen molar-refractivity contribution >= 4 is 28.3 Å². The Labute approximate surface area is 176 Å². The molecule has 4 N–H and O–H groups in total. The number of rotatable bonds is 9. The zero-order valence-corrected chi connectivity index (χ0v) is 18.5. The largest absolute Gasteiger partial charge is 0.360 e. The molecule has 1 aliphatic rings. The minimum absolute atomic E-state index is 0.251. The molecule has 2 amide bonds. The number of carbonyl (C=O) groups excluding carboxylic acids is 2. The highest BCUT2D eigenvalue weighted by atomic mass is 32.1. The molecule has 9 heteroatoms. The highest BCUT2D eigenvalue weighted by Gasteiger charge is 2.24. The van der Waals surface area contributed by atoms with Crippen LogP contribution < -0.4 is 16.4 Å². The molecule has 29 heavy (non-hydrogen) atoms. The van der Waals surface area contributed by atoms with Crippen LogP contribution in [0.15, 0.2) is 29.2 Å². The van der Waals surface area contributed by atoms with E-state index < -0.39 is 5.72 Å². The summed E-state index contributed by atoms with van der Waals surface area (Å²) in [4.78, 5) is 31.2. The van der Waals surface area contributed by atoms with Gasteiger partial charge in [-0.05, 0) is 39.8 Å². The number of hydrogen-bond acceptors (Lipinski definition) is 7. The molecule has 160 valence electrons. The van der Waals surface area contributed by atoms with Crippen molar-refractivity contribution in [2.75, 3.05) is 25.5 Å². The van der Waals surface area contributed by atoms with Crippen molar-refractivity contribution < 1.29 is 14.3 Å². The van der Waals surface area contributed by atoms with E-state index >= 15 is 0 Å². The zero-order valence-electron chi connectivity index (χ0n) is 17.7. The van der Waals surface area contributed by atoms with Crippen molar-refractivity contribution in [1.29, 1.82) is 0 Å². The molecule has 2 rings (SSSR count). The second-order valence-electron chi connectivity index (χ2n) is 7.53. The predicted molar refractivity (Wildman–Crippen MR) is 116 cm³/mol. The molecule has 0 spiro atoms. The smallest absolute Gasteiger partial charge is 0.270 e. The van der Waals surface area contributed by atoms with Crippen molar-refractivity contribution in [2.24, 2.45) is 5.73 Å². The topological polar surface area (TPSA) is 110 Å². The van der Waals surface area contributed by atoms with Crippen LogP contribution in [0.2, 0.25) is 0 Å². The Bertz CT molecular complexity index is 779. The van der Waals surface area contributed by atoms with Crippen LogP contribution in [0.1, 0.15) is 44.6 Å². The third-order valence-corrected chi connectivity index (χ3v) is 5.53. The van der Waals surface area contributed by atoms with Gasteiger partial charge in [0.1, 0.15) is 11.4 Å².